The highest BCUT2D eigenvalue weighted by molar-refractivity contribution is 5.98. The monoisotopic (exact) mass is 374 g/mol. The molecule has 0 saturated heterocycles. The normalized spacial score (nSPS) is 11.6. The molecule has 3 aromatic rings. The number of nitrogens with zero attached hydrogens (tertiary/aromatic N) is 1. The lowest BCUT2D eigenvalue weighted by atomic mass is 10.0. The Labute approximate surface area is 164 Å². The number of aromatic nitrogens is 1. The molecule has 0 bridgehead atoms. The fourth-order valence-corrected chi connectivity index (χ4v) is 3.55. The number of pyridine rings is 1. The van der Waals surface area contributed by atoms with Gasteiger partial charge in [-0.05, 0) is 66.1 Å². The zero-order chi connectivity index (χ0) is 19.7. The second kappa shape index (κ2) is 7.35. The SMILES string of the molecule is CCCOc1ccc2c(c1)Cc1c(C(N)=O)cc(-c3ccc(OC)cc3)nc1-2. The highest BCUT2D eigenvalue weighted by Gasteiger charge is 2.26. The Morgan fingerprint density at radius 1 is 1.11 bits per heavy atom. The van der Waals surface area contributed by atoms with Gasteiger partial charge < -0.3 is 15.2 Å². The van der Waals surface area contributed by atoms with Gasteiger partial charge in [-0.2, -0.15) is 0 Å². The van der Waals surface area contributed by atoms with E-state index in [-0.39, 0.29) is 0 Å². The van der Waals surface area contributed by atoms with Crippen molar-refractivity contribution in [3.63, 3.8) is 0 Å². The van der Waals surface area contributed by atoms with Crippen LogP contribution in [0.25, 0.3) is 22.5 Å². The Kier molecular flexibility index (Phi) is 4.74. The molecule has 5 heteroatoms. The van der Waals surface area contributed by atoms with Crippen molar-refractivity contribution in [3.8, 4) is 34.0 Å². The van der Waals surface area contributed by atoms with Crippen molar-refractivity contribution in [3.05, 3.63) is 65.2 Å². The Balaban J connectivity index is 1.80. The summed E-state index contributed by atoms with van der Waals surface area (Å²) in [5, 5.41) is 0. The van der Waals surface area contributed by atoms with Crippen LogP contribution in [0.15, 0.2) is 48.5 Å². The van der Waals surface area contributed by atoms with Crippen LogP contribution in [0.2, 0.25) is 0 Å². The molecule has 2 aromatic carbocycles. The molecule has 0 fully saturated rings. The number of fused-ring (bicyclic) bond motifs is 3. The van der Waals surface area contributed by atoms with E-state index in [4.69, 9.17) is 20.2 Å². The summed E-state index contributed by atoms with van der Waals surface area (Å²) in [5.41, 5.74) is 11.7. The predicted octanol–water partition coefficient (Wildman–Crippen LogP) is 4.22. The third-order valence-electron chi connectivity index (χ3n) is 4.95. The van der Waals surface area contributed by atoms with Crippen LogP contribution in [0.1, 0.15) is 34.8 Å². The van der Waals surface area contributed by atoms with E-state index < -0.39 is 5.91 Å². The quantitative estimate of drug-likeness (QED) is 0.548. The molecule has 0 saturated carbocycles. The van der Waals surface area contributed by atoms with Crippen LogP contribution in [0.3, 0.4) is 0 Å². The number of benzene rings is 2. The van der Waals surface area contributed by atoms with E-state index in [1.165, 1.54) is 0 Å². The summed E-state index contributed by atoms with van der Waals surface area (Å²) < 4.78 is 11.0. The van der Waals surface area contributed by atoms with Crippen LogP contribution in [0, 0.1) is 0 Å². The van der Waals surface area contributed by atoms with Crippen molar-refractivity contribution in [1.82, 2.24) is 4.98 Å². The van der Waals surface area contributed by atoms with Crippen molar-refractivity contribution in [1.29, 1.82) is 0 Å². The van der Waals surface area contributed by atoms with Crippen molar-refractivity contribution in [2.24, 2.45) is 5.73 Å². The zero-order valence-corrected chi connectivity index (χ0v) is 16.0. The van der Waals surface area contributed by atoms with Gasteiger partial charge in [0.2, 0.25) is 5.91 Å². The van der Waals surface area contributed by atoms with Gasteiger partial charge in [0, 0.05) is 23.1 Å². The number of primary amides is 1. The van der Waals surface area contributed by atoms with Crippen LogP contribution in [0.4, 0.5) is 0 Å². The third kappa shape index (κ3) is 3.20. The van der Waals surface area contributed by atoms with E-state index in [0.29, 0.717) is 18.6 Å². The largest absolute Gasteiger partial charge is 0.497 e. The van der Waals surface area contributed by atoms with Gasteiger partial charge in [-0.1, -0.05) is 6.92 Å². The molecule has 5 nitrogen and oxygen atoms in total. The average molecular weight is 374 g/mol. The highest BCUT2D eigenvalue weighted by Crippen LogP contribution is 2.40. The predicted molar refractivity (Wildman–Crippen MR) is 109 cm³/mol. The molecule has 28 heavy (non-hydrogen) atoms. The smallest absolute Gasteiger partial charge is 0.249 e. The topological polar surface area (TPSA) is 74.4 Å². The van der Waals surface area contributed by atoms with Gasteiger partial charge in [0.15, 0.2) is 0 Å². The van der Waals surface area contributed by atoms with E-state index in [9.17, 15) is 4.79 Å². The van der Waals surface area contributed by atoms with Crippen molar-refractivity contribution in [2.45, 2.75) is 19.8 Å². The maximum Gasteiger partial charge on any atom is 0.249 e. The van der Waals surface area contributed by atoms with Gasteiger partial charge in [-0.25, -0.2) is 4.98 Å². The summed E-state index contributed by atoms with van der Waals surface area (Å²) in [4.78, 5) is 17.0. The van der Waals surface area contributed by atoms with E-state index in [0.717, 1.165) is 51.6 Å². The van der Waals surface area contributed by atoms with Crippen LogP contribution < -0.4 is 15.2 Å². The molecule has 0 spiro atoms. The standard InChI is InChI=1S/C23H22N2O3/c1-3-10-28-17-8-9-18-15(11-17)12-19-20(23(24)26)13-21(25-22(18)19)14-4-6-16(27-2)7-5-14/h4-9,11,13H,3,10,12H2,1-2H3,(H2,24,26). The molecule has 1 aliphatic carbocycles. The molecule has 2 N–H and O–H groups in total. The highest BCUT2D eigenvalue weighted by atomic mass is 16.5. The summed E-state index contributed by atoms with van der Waals surface area (Å²) >= 11 is 0. The minimum Gasteiger partial charge on any atom is -0.497 e. The van der Waals surface area contributed by atoms with Crippen LogP contribution in [-0.2, 0) is 6.42 Å². The number of rotatable bonds is 6. The Hall–Kier alpha value is -3.34. The maximum absolute atomic E-state index is 12.2. The lowest BCUT2D eigenvalue weighted by molar-refractivity contribution is 0.0999. The minimum absolute atomic E-state index is 0.441. The third-order valence-corrected chi connectivity index (χ3v) is 4.95. The van der Waals surface area contributed by atoms with Crippen LogP contribution >= 0.6 is 0 Å². The molecule has 1 aliphatic rings. The first-order valence-corrected chi connectivity index (χ1v) is 9.35. The first-order valence-electron chi connectivity index (χ1n) is 9.35. The summed E-state index contributed by atoms with van der Waals surface area (Å²) in [7, 11) is 1.63. The molecule has 1 heterocycles. The maximum atomic E-state index is 12.2. The van der Waals surface area contributed by atoms with Crippen LogP contribution in [-0.4, -0.2) is 24.6 Å². The Morgan fingerprint density at radius 3 is 2.54 bits per heavy atom. The van der Waals surface area contributed by atoms with Crippen molar-refractivity contribution >= 4 is 5.91 Å². The minimum atomic E-state index is -0.441. The Bertz CT molecular complexity index is 1040. The van der Waals surface area contributed by atoms with Gasteiger partial charge >= 0.3 is 0 Å². The molecule has 1 amide bonds. The molecular weight excluding hydrogens is 352 g/mol. The number of carbonyl (C=O) groups is 1. The second-order valence-corrected chi connectivity index (χ2v) is 6.82. The number of ether oxygens (including phenoxy) is 2. The summed E-state index contributed by atoms with van der Waals surface area (Å²) in [5.74, 6) is 1.16. The van der Waals surface area contributed by atoms with E-state index in [1.807, 2.05) is 42.5 Å². The molecule has 1 aromatic heterocycles. The molecule has 0 radical (unpaired) electrons. The second-order valence-electron chi connectivity index (χ2n) is 6.82. The zero-order valence-electron chi connectivity index (χ0n) is 16.0. The average Bonchev–Trinajstić information content (AvgIpc) is 3.09. The fourth-order valence-electron chi connectivity index (χ4n) is 3.55. The van der Waals surface area contributed by atoms with Gasteiger partial charge in [-0.3, -0.25) is 4.79 Å². The molecular formula is C23H22N2O3. The molecule has 4 rings (SSSR count). The Morgan fingerprint density at radius 2 is 1.86 bits per heavy atom. The summed E-state index contributed by atoms with van der Waals surface area (Å²) in [6, 6.07) is 15.4. The van der Waals surface area contributed by atoms with Gasteiger partial charge in [0.1, 0.15) is 11.5 Å². The lowest BCUT2D eigenvalue weighted by Gasteiger charge is -2.10. The number of hydrogen-bond acceptors (Lipinski definition) is 4. The first-order chi connectivity index (χ1) is 13.6. The number of hydrogen-bond donors (Lipinski definition) is 1. The van der Waals surface area contributed by atoms with E-state index in [2.05, 4.69) is 6.92 Å². The molecule has 0 atom stereocenters. The van der Waals surface area contributed by atoms with Gasteiger partial charge in [-0.15, -0.1) is 0 Å². The summed E-state index contributed by atoms with van der Waals surface area (Å²) in [6.07, 6.45) is 1.58. The van der Waals surface area contributed by atoms with E-state index in [1.54, 1.807) is 13.2 Å². The van der Waals surface area contributed by atoms with Gasteiger partial charge in [0.25, 0.3) is 0 Å². The lowest BCUT2D eigenvalue weighted by Crippen LogP contribution is -2.14. The van der Waals surface area contributed by atoms with Crippen molar-refractivity contribution in [2.75, 3.05) is 13.7 Å². The number of nitrogens with two attached hydrogens (primary N) is 1. The fraction of sp³-hybridized carbons (Fsp3) is 0.217. The molecule has 0 unspecified atom stereocenters. The summed E-state index contributed by atoms with van der Waals surface area (Å²) in [6.45, 7) is 2.76. The van der Waals surface area contributed by atoms with Crippen LogP contribution in [0.5, 0.6) is 11.5 Å². The molecule has 0 aliphatic heterocycles. The number of amides is 1. The molecule has 142 valence electrons. The first kappa shape index (κ1) is 18.0. The van der Waals surface area contributed by atoms with Crippen molar-refractivity contribution < 1.29 is 14.3 Å². The van der Waals surface area contributed by atoms with E-state index >= 15 is 0 Å². The number of carbonyl (C=O) groups excluding carboxylic acids is 1. The van der Waals surface area contributed by atoms with Gasteiger partial charge in [0.05, 0.1) is 25.1 Å². The number of methoxy groups -OCH3 is 1.